The summed E-state index contributed by atoms with van der Waals surface area (Å²) in [6.45, 7) is 7.62. The fraction of sp³-hybridized carbons (Fsp3) is 0.438. The van der Waals surface area contributed by atoms with Crippen LogP contribution in [0.1, 0.15) is 23.9 Å². The standard InChI is InChI=1S/C16H23ClN4/c1-6-21-15(16(17)12(3)19-21)10-18-13-8-7-11(2)14(9-13)20(4)5/h7-9,18H,6,10H2,1-5H3. The van der Waals surface area contributed by atoms with Crippen LogP contribution >= 0.6 is 11.6 Å². The molecule has 1 aromatic heterocycles. The van der Waals surface area contributed by atoms with Crippen molar-refractivity contribution < 1.29 is 0 Å². The van der Waals surface area contributed by atoms with E-state index < -0.39 is 0 Å². The Kier molecular flexibility index (Phi) is 4.78. The second-order valence-corrected chi connectivity index (χ2v) is 5.79. The maximum Gasteiger partial charge on any atom is 0.0865 e. The maximum absolute atomic E-state index is 6.33. The minimum Gasteiger partial charge on any atom is -0.379 e. The Morgan fingerprint density at radius 3 is 2.62 bits per heavy atom. The summed E-state index contributed by atoms with van der Waals surface area (Å²) >= 11 is 6.33. The minimum absolute atomic E-state index is 0.670. The van der Waals surface area contributed by atoms with Crippen molar-refractivity contribution in [2.45, 2.75) is 33.9 Å². The van der Waals surface area contributed by atoms with Gasteiger partial charge in [-0.15, -0.1) is 0 Å². The highest BCUT2D eigenvalue weighted by Gasteiger charge is 2.12. The van der Waals surface area contributed by atoms with Gasteiger partial charge in [-0.05, 0) is 38.5 Å². The third kappa shape index (κ3) is 3.32. The van der Waals surface area contributed by atoms with Gasteiger partial charge >= 0.3 is 0 Å². The number of nitrogens with zero attached hydrogens (tertiary/aromatic N) is 3. The van der Waals surface area contributed by atoms with Crippen LogP contribution in [0.3, 0.4) is 0 Å². The zero-order valence-corrected chi connectivity index (χ0v) is 14.1. The van der Waals surface area contributed by atoms with Gasteiger partial charge in [0.1, 0.15) is 0 Å². The van der Waals surface area contributed by atoms with E-state index in [1.54, 1.807) is 0 Å². The molecule has 2 aromatic rings. The molecule has 1 N–H and O–H groups in total. The fourth-order valence-electron chi connectivity index (χ4n) is 2.42. The van der Waals surface area contributed by atoms with Crippen molar-refractivity contribution >= 4 is 23.0 Å². The van der Waals surface area contributed by atoms with Crippen molar-refractivity contribution in [1.29, 1.82) is 0 Å². The van der Waals surface area contributed by atoms with Gasteiger partial charge in [-0.1, -0.05) is 17.7 Å². The van der Waals surface area contributed by atoms with E-state index in [0.29, 0.717) is 6.54 Å². The van der Waals surface area contributed by atoms with E-state index in [0.717, 1.165) is 28.6 Å². The smallest absolute Gasteiger partial charge is 0.0865 e. The third-order valence-electron chi connectivity index (χ3n) is 3.60. The van der Waals surface area contributed by atoms with Crippen LogP contribution in [-0.2, 0) is 13.1 Å². The van der Waals surface area contributed by atoms with Gasteiger partial charge in [-0.25, -0.2) is 0 Å². The number of benzene rings is 1. The number of rotatable bonds is 5. The molecular formula is C16H23ClN4. The zero-order chi connectivity index (χ0) is 15.6. The fourth-order valence-corrected chi connectivity index (χ4v) is 2.63. The molecule has 1 aromatic carbocycles. The summed E-state index contributed by atoms with van der Waals surface area (Å²) < 4.78 is 1.95. The van der Waals surface area contributed by atoms with Crippen molar-refractivity contribution in [3.63, 3.8) is 0 Å². The summed E-state index contributed by atoms with van der Waals surface area (Å²) in [4.78, 5) is 2.12. The van der Waals surface area contributed by atoms with E-state index >= 15 is 0 Å². The van der Waals surface area contributed by atoms with Gasteiger partial charge in [0.25, 0.3) is 0 Å². The van der Waals surface area contributed by atoms with Crippen LogP contribution in [-0.4, -0.2) is 23.9 Å². The Morgan fingerprint density at radius 1 is 1.29 bits per heavy atom. The highest BCUT2D eigenvalue weighted by molar-refractivity contribution is 6.31. The molecule has 2 rings (SSSR count). The van der Waals surface area contributed by atoms with Gasteiger partial charge in [0.05, 0.1) is 23.0 Å². The lowest BCUT2D eigenvalue weighted by molar-refractivity contribution is 0.623. The van der Waals surface area contributed by atoms with Crippen molar-refractivity contribution in [3.8, 4) is 0 Å². The average Bonchev–Trinajstić information content (AvgIpc) is 2.73. The molecule has 0 bridgehead atoms. The van der Waals surface area contributed by atoms with Crippen molar-refractivity contribution in [2.24, 2.45) is 0 Å². The SMILES string of the molecule is CCn1nc(C)c(Cl)c1CNc1ccc(C)c(N(C)C)c1. The lowest BCUT2D eigenvalue weighted by atomic mass is 10.1. The van der Waals surface area contributed by atoms with Gasteiger partial charge < -0.3 is 10.2 Å². The second-order valence-electron chi connectivity index (χ2n) is 5.41. The predicted octanol–water partition coefficient (Wildman–Crippen LogP) is 3.85. The maximum atomic E-state index is 6.33. The molecule has 0 saturated heterocycles. The zero-order valence-electron chi connectivity index (χ0n) is 13.4. The molecule has 114 valence electrons. The first kappa shape index (κ1) is 15.7. The summed E-state index contributed by atoms with van der Waals surface area (Å²) in [5.41, 5.74) is 5.48. The molecule has 5 heteroatoms. The molecule has 21 heavy (non-hydrogen) atoms. The van der Waals surface area contributed by atoms with E-state index in [-0.39, 0.29) is 0 Å². The molecule has 0 unspecified atom stereocenters. The number of anilines is 2. The van der Waals surface area contributed by atoms with Crippen LogP contribution in [0.5, 0.6) is 0 Å². The highest BCUT2D eigenvalue weighted by Crippen LogP contribution is 2.25. The van der Waals surface area contributed by atoms with Crippen LogP contribution in [0, 0.1) is 13.8 Å². The number of hydrogen-bond donors (Lipinski definition) is 1. The van der Waals surface area contributed by atoms with Crippen LogP contribution in [0.2, 0.25) is 5.02 Å². The van der Waals surface area contributed by atoms with E-state index in [9.17, 15) is 0 Å². The van der Waals surface area contributed by atoms with E-state index in [1.165, 1.54) is 11.3 Å². The summed E-state index contributed by atoms with van der Waals surface area (Å²) in [7, 11) is 4.11. The topological polar surface area (TPSA) is 33.1 Å². The van der Waals surface area contributed by atoms with E-state index in [2.05, 4.69) is 61.5 Å². The Morgan fingerprint density at radius 2 is 2.00 bits per heavy atom. The van der Waals surface area contributed by atoms with Gasteiger partial charge in [-0.3, -0.25) is 4.68 Å². The van der Waals surface area contributed by atoms with E-state index in [4.69, 9.17) is 11.6 Å². The molecule has 0 saturated carbocycles. The summed E-state index contributed by atoms with van der Waals surface area (Å²) in [6, 6.07) is 6.38. The van der Waals surface area contributed by atoms with Crippen LogP contribution in [0.4, 0.5) is 11.4 Å². The monoisotopic (exact) mass is 306 g/mol. The first-order valence-electron chi connectivity index (χ1n) is 7.17. The highest BCUT2D eigenvalue weighted by atomic mass is 35.5. The summed E-state index contributed by atoms with van der Waals surface area (Å²) in [5, 5.41) is 8.63. The second kappa shape index (κ2) is 6.39. The number of halogens is 1. The van der Waals surface area contributed by atoms with Gasteiger partial charge in [0.2, 0.25) is 0 Å². The molecule has 0 spiro atoms. The molecule has 0 aliphatic rings. The minimum atomic E-state index is 0.670. The summed E-state index contributed by atoms with van der Waals surface area (Å²) in [5.74, 6) is 0. The van der Waals surface area contributed by atoms with Crippen LogP contribution in [0.15, 0.2) is 18.2 Å². The molecule has 0 radical (unpaired) electrons. The number of hydrogen-bond acceptors (Lipinski definition) is 3. The normalized spacial score (nSPS) is 10.8. The van der Waals surface area contributed by atoms with Crippen LogP contribution in [0.25, 0.3) is 0 Å². The molecule has 0 aliphatic carbocycles. The molecular weight excluding hydrogens is 284 g/mol. The average molecular weight is 307 g/mol. The lowest BCUT2D eigenvalue weighted by Gasteiger charge is -2.17. The summed E-state index contributed by atoms with van der Waals surface area (Å²) in [6.07, 6.45) is 0. The largest absolute Gasteiger partial charge is 0.379 e. The molecule has 0 amide bonds. The number of aromatic nitrogens is 2. The molecule has 0 fully saturated rings. The first-order valence-corrected chi connectivity index (χ1v) is 7.55. The Bertz CT molecular complexity index is 631. The molecule has 4 nitrogen and oxygen atoms in total. The molecule has 0 atom stereocenters. The number of nitrogens with one attached hydrogen (secondary N) is 1. The van der Waals surface area contributed by atoms with Gasteiger partial charge in [0, 0.05) is 32.0 Å². The van der Waals surface area contributed by atoms with E-state index in [1.807, 2.05) is 11.6 Å². The van der Waals surface area contributed by atoms with Crippen molar-refractivity contribution in [1.82, 2.24) is 9.78 Å². The van der Waals surface area contributed by atoms with Crippen molar-refractivity contribution in [3.05, 3.63) is 40.2 Å². The quantitative estimate of drug-likeness (QED) is 0.911. The molecule has 0 aliphatic heterocycles. The van der Waals surface area contributed by atoms with Crippen molar-refractivity contribution in [2.75, 3.05) is 24.3 Å². The van der Waals surface area contributed by atoms with Gasteiger partial charge in [-0.2, -0.15) is 5.10 Å². The third-order valence-corrected chi connectivity index (χ3v) is 4.10. The predicted molar refractivity (Wildman–Crippen MR) is 90.5 cm³/mol. The van der Waals surface area contributed by atoms with Gasteiger partial charge in [0.15, 0.2) is 0 Å². The number of aryl methyl sites for hydroxylation is 3. The molecule has 1 heterocycles. The Labute approximate surface area is 131 Å². The first-order chi connectivity index (χ1) is 9.93. The van der Waals surface area contributed by atoms with Crippen LogP contribution < -0.4 is 10.2 Å². The Hall–Kier alpha value is -1.68. The Balaban J connectivity index is 2.19. The lowest BCUT2D eigenvalue weighted by Crippen LogP contribution is -2.12.